The fraction of sp³-hybridized carbons (Fsp3) is 1.00. The highest BCUT2D eigenvalue weighted by Crippen LogP contribution is 2.64. The van der Waals surface area contributed by atoms with Crippen LogP contribution in [0.2, 0.25) is 0 Å². The maximum Gasteiger partial charge on any atom is 0.460 e. The van der Waals surface area contributed by atoms with Gasteiger partial charge >= 0.3 is 47.6 Å². The van der Waals surface area contributed by atoms with Crippen LogP contribution in [0, 0.1) is 0 Å². The highest BCUT2D eigenvalue weighted by Gasteiger charge is 2.95. The van der Waals surface area contributed by atoms with Gasteiger partial charge in [0.15, 0.2) is 0 Å². The van der Waals surface area contributed by atoms with Crippen molar-refractivity contribution in [3.8, 4) is 0 Å². The normalized spacial score (nSPS) is 15.9. The Morgan fingerprint density at radius 1 is 0.500 bits per heavy atom. The molecule has 0 aliphatic rings. The zero-order valence-electron chi connectivity index (χ0n) is 15.2. The van der Waals surface area contributed by atoms with Gasteiger partial charge in [0.25, 0.3) is 0 Å². The molecule has 0 aliphatic heterocycles. The molecule has 1 N–H and O–H groups in total. The molecule has 0 saturated heterocycles. The summed E-state index contributed by atoms with van der Waals surface area (Å²) in [5.74, 6) is -56.0. The van der Waals surface area contributed by atoms with Crippen LogP contribution in [0.1, 0.15) is 6.42 Å². The smallest absolute Gasteiger partial charge is 0.383 e. The third kappa shape index (κ3) is 4.54. The van der Waals surface area contributed by atoms with Crippen molar-refractivity contribution in [2.75, 3.05) is 26.8 Å². The van der Waals surface area contributed by atoms with Gasteiger partial charge in [-0.25, -0.2) is 0 Å². The van der Waals surface area contributed by atoms with Gasteiger partial charge in [0.1, 0.15) is 0 Å². The molecule has 0 heterocycles. The fourth-order valence-corrected chi connectivity index (χ4v) is 1.90. The number of rotatable bonds is 12. The van der Waals surface area contributed by atoms with Crippen molar-refractivity contribution in [2.24, 2.45) is 0 Å². The average Bonchev–Trinajstić information content (AvgIpc) is 2.59. The Bertz CT molecular complexity index is 626. The molecular weight excluding hydrogens is 509 g/mol. The molecule has 19 heteroatoms. The van der Waals surface area contributed by atoms with Gasteiger partial charge in [-0.2, -0.15) is 74.6 Å². The minimum atomic E-state index is -8.60. The van der Waals surface area contributed by atoms with Crippen LogP contribution in [-0.2, 0) is 4.74 Å². The summed E-state index contributed by atoms with van der Waals surface area (Å²) in [7, 11) is 1.06. The van der Waals surface area contributed by atoms with Gasteiger partial charge in [0, 0.05) is 26.6 Å². The van der Waals surface area contributed by atoms with E-state index in [0.29, 0.717) is 0 Å². The van der Waals surface area contributed by atoms with Crippen molar-refractivity contribution in [1.29, 1.82) is 0 Å². The van der Waals surface area contributed by atoms with Crippen LogP contribution in [0.4, 0.5) is 74.6 Å². The van der Waals surface area contributed by atoms with Gasteiger partial charge < -0.3 is 10.1 Å². The van der Waals surface area contributed by atoms with Crippen LogP contribution in [-0.4, -0.2) is 74.4 Å². The molecule has 0 unspecified atom stereocenters. The molecule has 0 saturated carbocycles. The van der Waals surface area contributed by atoms with E-state index in [1.807, 2.05) is 5.32 Å². The van der Waals surface area contributed by atoms with Crippen molar-refractivity contribution in [3.05, 3.63) is 0 Å². The van der Waals surface area contributed by atoms with Gasteiger partial charge in [-0.15, -0.1) is 0 Å². The quantitative estimate of drug-likeness (QED) is 0.266. The lowest BCUT2D eigenvalue weighted by Gasteiger charge is -2.42. The molecule has 0 rings (SSSR count). The zero-order valence-corrected chi connectivity index (χ0v) is 15.2. The molecule has 0 aromatic rings. The second kappa shape index (κ2) is 8.83. The van der Waals surface area contributed by atoms with E-state index in [1.54, 1.807) is 0 Å². The van der Waals surface area contributed by atoms with E-state index in [4.69, 9.17) is 0 Å². The predicted molar refractivity (Wildman–Crippen MR) is 70.0 cm³/mol. The SMILES string of the molecule is COCCNCCC(F)(F)C(F)(F)C(F)(F)C(F)(F)C(F)(F)C(F)(F)C(F)(F)C(F)(F)F. The summed E-state index contributed by atoms with van der Waals surface area (Å²) in [6.45, 7) is -2.06. The minimum Gasteiger partial charge on any atom is -0.383 e. The highest BCUT2D eigenvalue weighted by atomic mass is 19.4. The molecule has 0 bridgehead atoms. The molecule has 2 nitrogen and oxygen atoms in total. The van der Waals surface area contributed by atoms with Gasteiger partial charge in [-0.3, -0.25) is 0 Å². The summed E-state index contributed by atoms with van der Waals surface area (Å²) in [4.78, 5) is 0. The first kappa shape index (κ1) is 30.7. The van der Waals surface area contributed by atoms with E-state index >= 15 is 0 Å². The minimum absolute atomic E-state index is 0.273. The number of hydrogen-bond donors (Lipinski definition) is 1. The molecule has 194 valence electrons. The largest absolute Gasteiger partial charge is 0.460 e. The third-order valence-corrected chi connectivity index (χ3v) is 3.89. The molecule has 0 spiro atoms. The lowest BCUT2D eigenvalue weighted by molar-refractivity contribution is -0.461. The predicted octanol–water partition coefficient (Wildman–Crippen LogP) is 5.62. The second-order valence-corrected chi connectivity index (χ2v) is 6.14. The summed E-state index contributed by atoms with van der Waals surface area (Å²) in [5, 5.41) is 1.83. The van der Waals surface area contributed by atoms with E-state index in [-0.39, 0.29) is 6.61 Å². The summed E-state index contributed by atoms with van der Waals surface area (Å²) in [6.07, 6.45) is -10.3. The van der Waals surface area contributed by atoms with E-state index in [0.717, 1.165) is 7.11 Å². The summed E-state index contributed by atoms with van der Waals surface area (Å²) < 4.78 is 225. The number of halogens is 17. The van der Waals surface area contributed by atoms with E-state index in [9.17, 15) is 74.6 Å². The van der Waals surface area contributed by atoms with E-state index in [2.05, 4.69) is 4.74 Å². The Labute approximate surface area is 167 Å². The fourth-order valence-electron chi connectivity index (χ4n) is 1.90. The lowest BCUT2D eigenvalue weighted by Crippen LogP contribution is -2.74. The number of alkyl halides is 17. The number of methoxy groups -OCH3 is 1. The first-order valence-electron chi connectivity index (χ1n) is 7.72. The summed E-state index contributed by atoms with van der Waals surface area (Å²) in [5.41, 5.74) is 0. The van der Waals surface area contributed by atoms with Gasteiger partial charge in [0.05, 0.1) is 6.61 Å². The van der Waals surface area contributed by atoms with Crippen molar-refractivity contribution < 1.29 is 79.4 Å². The first-order valence-corrected chi connectivity index (χ1v) is 7.72. The molecule has 0 atom stereocenters. The van der Waals surface area contributed by atoms with Gasteiger partial charge in [-0.1, -0.05) is 0 Å². The maximum absolute atomic E-state index is 13.5. The molecular formula is C13H12F17NO. The van der Waals surface area contributed by atoms with Crippen LogP contribution in [0.25, 0.3) is 0 Å². The zero-order chi connectivity index (χ0) is 26.2. The van der Waals surface area contributed by atoms with E-state index in [1.165, 1.54) is 0 Å². The maximum atomic E-state index is 13.5. The Kier molecular flexibility index (Phi) is 8.48. The second-order valence-electron chi connectivity index (χ2n) is 6.14. The molecule has 0 amide bonds. The standard InChI is InChI=1S/C13H12F17NO/c1-32-5-4-31-3-2-6(14,15)7(16,17)8(18,19)9(20,21)10(22,23)11(24,25)12(26,27)13(28,29)30/h31H,2-5H2,1H3. The molecule has 32 heavy (non-hydrogen) atoms. The van der Waals surface area contributed by atoms with Crippen molar-refractivity contribution in [2.45, 2.75) is 54.1 Å². The van der Waals surface area contributed by atoms with Gasteiger partial charge in [0.2, 0.25) is 0 Å². The summed E-state index contributed by atoms with van der Waals surface area (Å²) >= 11 is 0. The average molecular weight is 521 g/mol. The lowest BCUT2D eigenvalue weighted by atomic mass is 9.88. The molecule has 0 fully saturated rings. The van der Waals surface area contributed by atoms with Crippen LogP contribution < -0.4 is 5.32 Å². The number of ether oxygens (including phenoxy) is 1. The molecule has 0 aromatic carbocycles. The Hall–Kier alpha value is -1.27. The van der Waals surface area contributed by atoms with Crippen molar-refractivity contribution in [3.63, 3.8) is 0 Å². The van der Waals surface area contributed by atoms with Crippen LogP contribution in [0.15, 0.2) is 0 Å². The van der Waals surface area contributed by atoms with E-state index < -0.39 is 67.1 Å². The Morgan fingerprint density at radius 3 is 1.19 bits per heavy atom. The molecule has 0 radical (unpaired) electrons. The Balaban J connectivity index is 6.25. The Morgan fingerprint density at radius 2 is 0.844 bits per heavy atom. The third-order valence-electron chi connectivity index (χ3n) is 3.89. The van der Waals surface area contributed by atoms with Gasteiger partial charge in [-0.05, 0) is 0 Å². The van der Waals surface area contributed by atoms with Crippen LogP contribution in [0.3, 0.4) is 0 Å². The monoisotopic (exact) mass is 521 g/mol. The number of hydrogen-bond acceptors (Lipinski definition) is 2. The number of nitrogens with one attached hydrogen (secondary N) is 1. The highest BCUT2D eigenvalue weighted by molar-refractivity contribution is 5.15. The topological polar surface area (TPSA) is 21.3 Å². The van der Waals surface area contributed by atoms with Crippen molar-refractivity contribution in [1.82, 2.24) is 5.32 Å². The van der Waals surface area contributed by atoms with Crippen LogP contribution >= 0.6 is 0 Å². The first-order chi connectivity index (χ1) is 13.8. The summed E-state index contributed by atoms with van der Waals surface area (Å²) in [6, 6.07) is 0. The van der Waals surface area contributed by atoms with Crippen LogP contribution in [0.5, 0.6) is 0 Å². The van der Waals surface area contributed by atoms with Crippen molar-refractivity contribution >= 4 is 0 Å². The molecule has 0 aliphatic carbocycles. The molecule has 0 aromatic heterocycles.